The maximum absolute atomic E-state index is 4.89. The number of benzene rings is 1. The Balaban J connectivity index is 1.98. The van der Waals surface area contributed by atoms with Gasteiger partial charge >= 0.3 is 0 Å². The molecular formula is C17H17N3S. The van der Waals surface area contributed by atoms with E-state index in [1.54, 1.807) is 11.3 Å². The molecule has 1 saturated heterocycles. The van der Waals surface area contributed by atoms with E-state index in [0.717, 1.165) is 35.1 Å². The van der Waals surface area contributed by atoms with Gasteiger partial charge in [0.1, 0.15) is 10.6 Å². The average molecular weight is 295 g/mol. The third kappa shape index (κ3) is 2.02. The van der Waals surface area contributed by atoms with E-state index in [0.29, 0.717) is 0 Å². The van der Waals surface area contributed by atoms with Crippen molar-refractivity contribution in [3.8, 4) is 11.4 Å². The Morgan fingerprint density at radius 2 is 1.81 bits per heavy atom. The molecule has 21 heavy (non-hydrogen) atoms. The maximum atomic E-state index is 4.89. The second-order valence-electron chi connectivity index (χ2n) is 5.54. The first kappa shape index (κ1) is 12.8. The van der Waals surface area contributed by atoms with E-state index >= 15 is 0 Å². The van der Waals surface area contributed by atoms with Crippen LogP contribution in [0.2, 0.25) is 0 Å². The van der Waals surface area contributed by atoms with Gasteiger partial charge in [-0.1, -0.05) is 30.3 Å². The number of aryl methyl sites for hydroxylation is 2. The monoisotopic (exact) mass is 295 g/mol. The van der Waals surface area contributed by atoms with E-state index in [-0.39, 0.29) is 0 Å². The predicted molar refractivity (Wildman–Crippen MR) is 89.2 cm³/mol. The lowest BCUT2D eigenvalue weighted by molar-refractivity contribution is 0.612. The van der Waals surface area contributed by atoms with Crippen molar-refractivity contribution in [3.05, 3.63) is 40.8 Å². The number of hydrogen-bond donors (Lipinski definition) is 0. The molecule has 0 amide bonds. The Morgan fingerprint density at radius 3 is 2.48 bits per heavy atom. The zero-order chi connectivity index (χ0) is 14.4. The first-order valence-corrected chi connectivity index (χ1v) is 8.14. The molecule has 106 valence electrons. The number of nitrogens with zero attached hydrogens (tertiary/aromatic N) is 3. The number of rotatable bonds is 2. The minimum atomic E-state index is 0.839. The van der Waals surface area contributed by atoms with E-state index in [1.165, 1.54) is 22.2 Å². The zero-order valence-electron chi connectivity index (χ0n) is 12.3. The summed E-state index contributed by atoms with van der Waals surface area (Å²) in [6.07, 6.45) is 1.26. The minimum absolute atomic E-state index is 0.839. The van der Waals surface area contributed by atoms with Crippen molar-refractivity contribution in [1.82, 2.24) is 9.97 Å². The van der Waals surface area contributed by atoms with Crippen LogP contribution in [0.15, 0.2) is 30.3 Å². The van der Waals surface area contributed by atoms with Gasteiger partial charge in [0.05, 0.1) is 5.39 Å². The van der Waals surface area contributed by atoms with Gasteiger partial charge in [-0.3, -0.25) is 0 Å². The smallest absolute Gasteiger partial charge is 0.163 e. The number of aromatic nitrogens is 2. The van der Waals surface area contributed by atoms with Crippen molar-refractivity contribution in [2.24, 2.45) is 0 Å². The van der Waals surface area contributed by atoms with Gasteiger partial charge in [0.15, 0.2) is 5.82 Å². The highest BCUT2D eigenvalue weighted by Crippen LogP contribution is 2.37. The van der Waals surface area contributed by atoms with Crippen LogP contribution in [0.3, 0.4) is 0 Å². The summed E-state index contributed by atoms with van der Waals surface area (Å²) in [5.74, 6) is 1.96. The summed E-state index contributed by atoms with van der Waals surface area (Å²) < 4.78 is 0. The van der Waals surface area contributed by atoms with Crippen molar-refractivity contribution in [2.45, 2.75) is 20.3 Å². The molecule has 3 aromatic rings. The molecule has 0 radical (unpaired) electrons. The molecule has 0 N–H and O–H groups in total. The van der Waals surface area contributed by atoms with Gasteiger partial charge in [0.25, 0.3) is 0 Å². The molecule has 0 aliphatic carbocycles. The normalized spacial score (nSPS) is 14.5. The molecule has 1 aromatic carbocycles. The van der Waals surface area contributed by atoms with E-state index < -0.39 is 0 Å². The second kappa shape index (κ2) is 4.81. The molecule has 0 saturated carbocycles. The van der Waals surface area contributed by atoms with Gasteiger partial charge in [-0.15, -0.1) is 11.3 Å². The van der Waals surface area contributed by atoms with Gasteiger partial charge in [-0.25, -0.2) is 9.97 Å². The van der Waals surface area contributed by atoms with E-state index in [9.17, 15) is 0 Å². The lowest BCUT2D eigenvalue weighted by Gasteiger charge is -2.32. The average Bonchev–Trinajstić information content (AvgIpc) is 2.73. The number of anilines is 1. The zero-order valence-corrected chi connectivity index (χ0v) is 13.1. The third-order valence-corrected chi connectivity index (χ3v) is 5.30. The van der Waals surface area contributed by atoms with Crippen LogP contribution in [0, 0.1) is 13.8 Å². The van der Waals surface area contributed by atoms with E-state index in [1.807, 2.05) is 18.2 Å². The van der Waals surface area contributed by atoms with Gasteiger partial charge in [0.2, 0.25) is 0 Å². The Hall–Kier alpha value is -1.94. The summed E-state index contributed by atoms with van der Waals surface area (Å²) in [5, 5.41) is 1.25. The van der Waals surface area contributed by atoms with E-state index in [2.05, 4.69) is 30.9 Å². The molecule has 1 aliphatic heterocycles. The van der Waals surface area contributed by atoms with Gasteiger partial charge in [-0.2, -0.15) is 0 Å². The molecule has 0 bridgehead atoms. The lowest BCUT2D eigenvalue weighted by atomic mass is 10.1. The van der Waals surface area contributed by atoms with Crippen LogP contribution in [0.5, 0.6) is 0 Å². The molecule has 2 aromatic heterocycles. The Labute approximate surface area is 128 Å². The Morgan fingerprint density at radius 1 is 1.05 bits per heavy atom. The van der Waals surface area contributed by atoms with Gasteiger partial charge in [-0.05, 0) is 25.8 Å². The first-order chi connectivity index (χ1) is 10.2. The minimum Gasteiger partial charge on any atom is -0.356 e. The van der Waals surface area contributed by atoms with Crippen molar-refractivity contribution >= 4 is 27.4 Å². The first-order valence-electron chi connectivity index (χ1n) is 7.32. The van der Waals surface area contributed by atoms with Crippen molar-refractivity contribution in [2.75, 3.05) is 18.0 Å². The fourth-order valence-corrected chi connectivity index (χ4v) is 3.73. The highest BCUT2D eigenvalue weighted by molar-refractivity contribution is 7.18. The summed E-state index contributed by atoms with van der Waals surface area (Å²) in [4.78, 5) is 14.5. The van der Waals surface area contributed by atoms with Crippen molar-refractivity contribution < 1.29 is 0 Å². The van der Waals surface area contributed by atoms with Crippen LogP contribution < -0.4 is 4.90 Å². The highest BCUT2D eigenvalue weighted by Gasteiger charge is 2.23. The second-order valence-corrected chi connectivity index (χ2v) is 6.74. The molecule has 3 nitrogen and oxygen atoms in total. The van der Waals surface area contributed by atoms with Gasteiger partial charge in [0, 0.05) is 23.5 Å². The molecule has 4 rings (SSSR count). The van der Waals surface area contributed by atoms with Crippen LogP contribution in [0.1, 0.15) is 16.9 Å². The van der Waals surface area contributed by atoms with Crippen LogP contribution in [-0.4, -0.2) is 23.1 Å². The van der Waals surface area contributed by atoms with Gasteiger partial charge < -0.3 is 4.90 Å². The van der Waals surface area contributed by atoms with Crippen LogP contribution in [0.25, 0.3) is 21.6 Å². The molecule has 0 spiro atoms. The third-order valence-electron chi connectivity index (χ3n) is 4.20. The van der Waals surface area contributed by atoms with Crippen LogP contribution in [-0.2, 0) is 0 Å². The van der Waals surface area contributed by atoms with Crippen LogP contribution >= 0.6 is 11.3 Å². The largest absolute Gasteiger partial charge is 0.356 e. The Kier molecular flexibility index (Phi) is 2.93. The summed E-state index contributed by atoms with van der Waals surface area (Å²) in [6, 6.07) is 10.3. The highest BCUT2D eigenvalue weighted by atomic mass is 32.1. The maximum Gasteiger partial charge on any atom is 0.163 e. The number of hydrogen-bond acceptors (Lipinski definition) is 4. The summed E-state index contributed by atoms with van der Waals surface area (Å²) >= 11 is 1.78. The standard InChI is InChI=1S/C17H17N3S/c1-11-12(2)21-17-14(11)16(20-9-6-10-20)18-15(19-17)13-7-4-3-5-8-13/h3-5,7-8H,6,9-10H2,1-2H3. The predicted octanol–water partition coefficient (Wildman–Crippen LogP) is 4.19. The Bertz CT molecular complexity index is 804. The summed E-state index contributed by atoms with van der Waals surface area (Å²) in [7, 11) is 0. The molecular weight excluding hydrogens is 278 g/mol. The number of fused-ring (bicyclic) bond motifs is 1. The summed E-state index contributed by atoms with van der Waals surface area (Å²) in [6.45, 7) is 6.57. The molecule has 0 unspecified atom stereocenters. The topological polar surface area (TPSA) is 29.0 Å². The molecule has 1 fully saturated rings. The molecule has 1 aliphatic rings. The van der Waals surface area contributed by atoms with Crippen LogP contribution in [0.4, 0.5) is 5.82 Å². The molecule has 3 heterocycles. The van der Waals surface area contributed by atoms with Crippen molar-refractivity contribution in [1.29, 1.82) is 0 Å². The van der Waals surface area contributed by atoms with E-state index in [4.69, 9.17) is 9.97 Å². The fraction of sp³-hybridized carbons (Fsp3) is 0.294. The lowest BCUT2D eigenvalue weighted by Crippen LogP contribution is -2.37. The van der Waals surface area contributed by atoms with Crippen molar-refractivity contribution in [3.63, 3.8) is 0 Å². The molecule has 4 heteroatoms. The summed E-state index contributed by atoms with van der Waals surface area (Å²) in [5.41, 5.74) is 2.42. The number of thiophene rings is 1. The SMILES string of the molecule is Cc1sc2nc(-c3ccccc3)nc(N3CCC3)c2c1C. The molecule has 0 atom stereocenters. The quantitative estimate of drug-likeness (QED) is 0.710. The fourth-order valence-electron chi connectivity index (χ4n) is 2.70.